The van der Waals surface area contributed by atoms with E-state index in [1.165, 1.54) is 0 Å². The van der Waals surface area contributed by atoms with Gasteiger partial charge in [-0.15, -0.1) is 17.7 Å². The van der Waals surface area contributed by atoms with Crippen LogP contribution in [0.25, 0.3) is 0 Å². The van der Waals surface area contributed by atoms with Crippen molar-refractivity contribution in [3.8, 4) is 5.75 Å². The van der Waals surface area contributed by atoms with Crippen molar-refractivity contribution in [1.82, 2.24) is 0 Å². The average molecular weight is 246 g/mol. The monoisotopic (exact) mass is 246 g/mol. The van der Waals surface area contributed by atoms with Gasteiger partial charge in [-0.1, -0.05) is 8.96 Å². The summed E-state index contributed by atoms with van der Waals surface area (Å²) in [6.07, 6.45) is -5.04. The highest BCUT2D eigenvalue weighted by Crippen LogP contribution is 2.31. The Balaban J connectivity index is 3.04. The van der Waals surface area contributed by atoms with Gasteiger partial charge in [0.2, 0.25) is 0 Å². The summed E-state index contributed by atoms with van der Waals surface area (Å²) in [4.78, 5) is 0. The summed E-state index contributed by atoms with van der Waals surface area (Å²) in [6.45, 7) is 0. The molecule has 1 rings (SSSR count). The molecule has 0 fully saturated rings. The lowest BCUT2D eigenvalue weighted by Crippen LogP contribution is -2.17. The van der Waals surface area contributed by atoms with E-state index in [0.717, 1.165) is 5.54 Å². The Kier molecular flexibility index (Phi) is 3.35. The van der Waals surface area contributed by atoms with Crippen LogP contribution in [0.3, 0.4) is 0 Å². The molecule has 90 valence electrons. The number of ether oxygens (including phenoxy) is 1. The van der Waals surface area contributed by atoms with Crippen LogP contribution in [-0.2, 0) is 0 Å². The Morgan fingerprint density at radius 3 is 2.19 bits per heavy atom. The fourth-order valence-corrected chi connectivity index (χ4v) is 0.928. The fourth-order valence-electron chi connectivity index (χ4n) is 0.928. The van der Waals surface area contributed by atoms with Gasteiger partial charge in [0.15, 0.2) is 0 Å². The SMILES string of the molecule is FNc1cc(OC(F)(F)F)cc(N(F)F)c1. The minimum atomic E-state index is -5.04. The highest BCUT2D eigenvalue weighted by Gasteiger charge is 2.31. The molecule has 0 heterocycles. The van der Waals surface area contributed by atoms with Crippen molar-refractivity contribution in [3.05, 3.63) is 18.2 Å². The molecule has 0 aliphatic heterocycles. The van der Waals surface area contributed by atoms with Crippen LogP contribution in [0.5, 0.6) is 5.75 Å². The van der Waals surface area contributed by atoms with Crippen LogP contribution < -0.4 is 15.6 Å². The standard InChI is InChI=1S/C7H4F6N2O/c8-7(9,10)16-6-2-4(14-11)1-5(3-6)15(12)13/h1-3,14H. The summed E-state index contributed by atoms with van der Waals surface area (Å²) < 4.78 is 74.7. The number of nitrogens with zero attached hydrogens (tertiary/aromatic N) is 1. The van der Waals surface area contributed by atoms with Gasteiger partial charge >= 0.3 is 6.36 Å². The van der Waals surface area contributed by atoms with Gasteiger partial charge in [0, 0.05) is 12.1 Å². The Morgan fingerprint density at radius 1 is 1.12 bits per heavy atom. The predicted molar refractivity (Wildman–Crippen MR) is 42.6 cm³/mol. The van der Waals surface area contributed by atoms with Crippen LogP contribution in [0, 0.1) is 0 Å². The molecule has 0 aliphatic rings. The molecular formula is C7H4F6N2O. The maximum atomic E-state index is 12.0. The second kappa shape index (κ2) is 4.37. The Bertz CT molecular complexity index is 366. The molecule has 9 heteroatoms. The minimum Gasteiger partial charge on any atom is -0.406 e. The molecule has 1 aromatic rings. The quantitative estimate of drug-likeness (QED) is 0.652. The number of alkyl halides is 3. The molecule has 1 N–H and O–H groups in total. The van der Waals surface area contributed by atoms with Gasteiger partial charge in [-0.3, -0.25) is 0 Å². The van der Waals surface area contributed by atoms with Crippen LogP contribution in [-0.4, -0.2) is 6.36 Å². The largest absolute Gasteiger partial charge is 0.573 e. The lowest BCUT2D eigenvalue weighted by molar-refractivity contribution is -0.274. The summed E-state index contributed by atoms with van der Waals surface area (Å²) in [6, 6.07) is 1.60. The third-order valence-electron chi connectivity index (χ3n) is 1.43. The number of rotatable bonds is 3. The van der Waals surface area contributed by atoms with E-state index < -0.39 is 28.8 Å². The minimum absolute atomic E-state index is 0.411. The topological polar surface area (TPSA) is 24.5 Å². The predicted octanol–water partition coefficient (Wildman–Crippen LogP) is 3.46. The first-order valence-corrected chi connectivity index (χ1v) is 3.71. The molecule has 0 saturated carbocycles. The van der Waals surface area contributed by atoms with Crippen molar-refractivity contribution in [3.63, 3.8) is 0 Å². The molecule has 0 aromatic heterocycles. The van der Waals surface area contributed by atoms with Gasteiger partial charge in [-0.05, 0) is 11.4 Å². The van der Waals surface area contributed by atoms with Gasteiger partial charge in [-0.25, -0.2) is 5.54 Å². The molecule has 16 heavy (non-hydrogen) atoms. The zero-order valence-electron chi connectivity index (χ0n) is 7.36. The summed E-state index contributed by atoms with van der Waals surface area (Å²) in [5.74, 6) is -0.953. The maximum absolute atomic E-state index is 12.0. The normalized spacial score (nSPS) is 11.1. The van der Waals surface area contributed by atoms with Crippen molar-refractivity contribution in [2.24, 2.45) is 0 Å². The van der Waals surface area contributed by atoms with E-state index in [2.05, 4.69) is 4.74 Å². The summed E-state index contributed by atoms with van der Waals surface area (Å²) in [5, 5.41) is -1.47. The fraction of sp³-hybridized carbons (Fsp3) is 0.143. The smallest absolute Gasteiger partial charge is 0.406 e. The van der Waals surface area contributed by atoms with E-state index >= 15 is 0 Å². The molecule has 0 atom stereocenters. The molecule has 0 radical (unpaired) electrons. The Morgan fingerprint density at radius 2 is 1.75 bits per heavy atom. The van der Waals surface area contributed by atoms with E-state index in [9.17, 15) is 26.6 Å². The lowest BCUT2D eigenvalue weighted by Gasteiger charge is -2.11. The summed E-state index contributed by atoms with van der Waals surface area (Å²) in [5.41, 5.74) is -0.588. The van der Waals surface area contributed by atoms with Crippen molar-refractivity contribution >= 4 is 11.4 Å². The summed E-state index contributed by atoms with van der Waals surface area (Å²) >= 11 is 0. The number of hydrogen-bond donors (Lipinski definition) is 1. The molecule has 0 amide bonds. The lowest BCUT2D eigenvalue weighted by atomic mass is 10.2. The summed E-state index contributed by atoms with van der Waals surface area (Å²) in [7, 11) is 0. The van der Waals surface area contributed by atoms with Gasteiger partial charge in [-0.2, -0.15) is 0 Å². The number of anilines is 2. The van der Waals surface area contributed by atoms with Crippen LogP contribution in [0.1, 0.15) is 0 Å². The van der Waals surface area contributed by atoms with Crippen molar-refractivity contribution in [1.29, 1.82) is 0 Å². The van der Waals surface area contributed by atoms with Crippen LogP contribution >= 0.6 is 0 Å². The number of hydrogen-bond acceptors (Lipinski definition) is 3. The van der Waals surface area contributed by atoms with Gasteiger partial charge in [0.05, 0.1) is 5.69 Å². The van der Waals surface area contributed by atoms with Crippen molar-refractivity contribution in [2.75, 3.05) is 10.9 Å². The van der Waals surface area contributed by atoms with E-state index in [1.807, 2.05) is 0 Å². The number of nitrogens with one attached hydrogen (secondary N) is 1. The number of halogens is 6. The molecular weight excluding hydrogens is 242 g/mol. The molecule has 1 aromatic carbocycles. The first kappa shape index (κ1) is 12.3. The first-order valence-electron chi connectivity index (χ1n) is 3.71. The third-order valence-corrected chi connectivity index (χ3v) is 1.43. The van der Waals surface area contributed by atoms with Crippen molar-refractivity contribution < 1.29 is 31.4 Å². The van der Waals surface area contributed by atoms with Crippen LogP contribution in [0.15, 0.2) is 18.2 Å². The second-order valence-corrected chi connectivity index (χ2v) is 2.59. The average Bonchev–Trinajstić information content (AvgIpc) is 2.14. The molecule has 0 spiro atoms. The highest BCUT2D eigenvalue weighted by molar-refractivity contribution is 5.59. The highest BCUT2D eigenvalue weighted by atomic mass is 19.4. The second-order valence-electron chi connectivity index (χ2n) is 2.59. The molecule has 0 saturated heterocycles. The van der Waals surface area contributed by atoms with E-state index in [-0.39, 0.29) is 0 Å². The maximum Gasteiger partial charge on any atom is 0.573 e. The van der Waals surface area contributed by atoms with Gasteiger partial charge in [0.25, 0.3) is 0 Å². The van der Waals surface area contributed by atoms with Crippen LogP contribution in [0.2, 0.25) is 0 Å². The van der Waals surface area contributed by atoms with Crippen molar-refractivity contribution in [2.45, 2.75) is 6.36 Å². The Labute approximate surface area is 85.0 Å². The third kappa shape index (κ3) is 3.41. The van der Waals surface area contributed by atoms with E-state index in [4.69, 9.17) is 0 Å². The zero-order valence-corrected chi connectivity index (χ0v) is 7.36. The molecule has 0 bridgehead atoms. The molecule has 0 unspecified atom stereocenters. The van der Waals surface area contributed by atoms with Crippen LogP contribution in [0.4, 0.5) is 38.0 Å². The van der Waals surface area contributed by atoms with E-state index in [1.54, 1.807) is 0 Å². The van der Waals surface area contributed by atoms with Gasteiger partial charge < -0.3 is 4.74 Å². The Hall–Kier alpha value is -1.80. The van der Waals surface area contributed by atoms with E-state index in [0.29, 0.717) is 18.2 Å². The zero-order chi connectivity index (χ0) is 12.3. The molecule has 3 nitrogen and oxygen atoms in total. The molecule has 0 aliphatic carbocycles. The van der Waals surface area contributed by atoms with Gasteiger partial charge in [0.1, 0.15) is 11.4 Å². The number of benzene rings is 1. The first-order chi connectivity index (χ1) is 7.31.